The summed E-state index contributed by atoms with van der Waals surface area (Å²) in [5.41, 5.74) is -0.221. The van der Waals surface area contributed by atoms with E-state index in [0.29, 0.717) is 38.4 Å². The molecule has 2 rings (SSSR count). The number of nitrogens with zero attached hydrogens (tertiary/aromatic N) is 3. The van der Waals surface area contributed by atoms with Crippen molar-refractivity contribution < 1.29 is 9.53 Å². The number of ether oxygens (including phenoxy) is 1. The van der Waals surface area contributed by atoms with Gasteiger partial charge in [-0.3, -0.25) is 4.79 Å². The van der Waals surface area contributed by atoms with E-state index in [9.17, 15) is 10.1 Å². The summed E-state index contributed by atoms with van der Waals surface area (Å²) in [5.74, 6) is 0.419. The summed E-state index contributed by atoms with van der Waals surface area (Å²) in [6.07, 6.45) is 2.54. The first-order valence-electron chi connectivity index (χ1n) is 6.22. The van der Waals surface area contributed by atoms with Gasteiger partial charge in [0.05, 0.1) is 18.3 Å². The second kappa shape index (κ2) is 5.76. The van der Waals surface area contributed by atoms with E-state index in [1.165, 1.54) is 0 Å². The Bertz CT molecular complexity index is 504. The summed E-state index contributed by atoms with van der Waals surface area (Å²) in [4.78, 5) is 20.4. The fraction of sp³-hybridized carbons (Fsp3) is 0.538. The first kappa shape index (κ1) is 13.4. The number of hydrogen-bond acceptors (Lipinski definition) is 5. The third-order valence-corrected chi connectivity index (χ3v) is 3.26. The molecule has 0 aromatic carbocycles. The van der Waals surface area contributed by atoms with Gasteiger partial charge in [-0.2, -0.15) is 5.26 Å². The van der Waals surface area contributed by atoms with Crippen LogP contribution in [0.1, 0.15) is 24.4 Å². The molecule has 2 heterocycles. The molecule has 1 aliphatic heterocycles. The molecule has 1 fully saturated rings. The van der Waals surface area contributed by atoms with Crippen LogP contribution < -0.4 is 5.32 Å². The quantitative estimate of drug-likeness (QED) is 0.865. The van der Waals surface area contributed by atoms with Crippen LogP contribution in [0.25, 0.3) is 0 Å². The van der Waals surface area contributed by atoms with Gasteiger partial charge in [-0.05, 0) is 25.8 Å². The molecule has 0 radical (unpaired) electrons. The van der Waals surface area contributed by atoms with Crippen LogP contribution in [0, 0.1) is 23.7 Å². The Hall–Kier alpha value is -2.00. The molecule has 100 valence electrons. The highest BCUT2D eigenvalue weighted by atomic mass is 16.5. The van der Waals surface area contributed by atoms with Crippen molar-refractivity contribution in [1.29, 1.82) is 5.26 Å². The maximum absolute atomic E-state index is 12.2. The number of nitriles is 1. The zero-order chi connectivity index (χ0) is 13.7. The number of aromatic nitrogens is 2. The lowest BCUT2D eigenvalue weighted by molar-refractivity contribution is -0.132. The Kier molecular flexibility index (Phi) is 4.07. The summed E-state index contributed by atoms with van der Waals surface area (Å²) in [6, 6.07) is 3.89. The van der Waals surface area contributed by atoms with Gasteiger partial charge in [0.2, 0.25) is 5.91 Å². The van der Waals surface area contributed by atoms with Crippen molar-refractivity contribution >= 4 is 5.91 Å². The molecule has 1 aromatic heterocycles. The van der Waals surface area contributed by atoms with Gasteiger partial charge in [-0.15, -0.1) is 0 Å². The monoisotopic (exact) mass is 260 g/mol. The van der Waals surface area contributed by atoms with Crippen LogP contribution in [0.15, 0.2) is 12.3 Å². The molecule has 6 nitrogen and oxygen atoms in total. The van der Waals surface area contributed by atoms with Crippen LogP contribution in [0.4, 0.5) is 0 Å². The first-order valence-corrected chi connectivity index (χ1v) is 6.22. The molecular formula is C13H16N4O2. The van der Waals surface area contributed by atoms with Crippen molar-refractivity contribution in [3.05, 3.63) is 23.8 Å². The largest absolute Gasteiger partial charge is 0.381 e. The predicted octanol–water partition coefficient (Wildman–Crippen LogP) is 0.722. The molecule has 19 heavy (non-hydrogen) atoms. The average Bonchev–Trinajstić information content (AvgIpc) is 2.45. The van der Waals surface area contributed by atoms with E-state index in [2.05, 4.69) is 21.4 Å². The third kappa shape index (κ3) is 3.06. The minimum atomic E-state index is -0.958. The second-order valence-electron chi connectivity index (χ2n) is 4.58. The van der Waals surface area contributed by atoms with Crippen LogP contribution in [0.2, 0.25) is 0 Å². The van der Waals surface area contributed by atoms with Crippen LogP contribution in [-0.4, -0.2) is 29.1 Å². The van der Waals surface area contributed by atoms with Gasteiger partial charge >= 0.3 is 0 Å². The van der Waals surface area contributed by atoms with E-state index in [1.54, 1.807) is 19.2 Å². The highest BCUT2D eigenvalue weighted by molar-refractivity contribution is 5.85. The Balaban J connectivity index is 1.99. The minimum Gasteiger partial charge on any atom is -0.381 e. The summed E-state index contributed by atoms with van der Waals surface area (Å²) < 4.78 is 5.20. The van der Waals surface area contributed by atoms with E-state index in [1.807, 2.05) is 0 Å². The molecule has 0 atom stereocenters. The molecule has 0 saturated carbocycles. The maximum atomic E-state index is 12.2. The minimum absolute atomic E-state index is 0.241. The molecule has 1 N–H and O–H groups in total. The van der Waals surface area contributed by atoms with E-state index < -0.39 is 5.41 Å². The molecular weight excluding hydrogens is 244 g/mol. The van der Waals surface area contributed by atoms with E-state index in [-0.39, 0.29) is 5.91 Å². The summed E-state index contributed by atoms with van der Waals surface area (Å²) >= 11 is 0. The van der Waals surface area contributed by atoms with E-state index in [4.69, 9.17) is 4.74 Å². The van der Waals surface area contributed by atoms with Crippen LogP contribution in [0.5, 0.6) is 0 Å². The van der Waals surface area contributed by atoms with Gasteiger partial charge < -0.3 is 10.1 Å². The SMILES string of the molecule is Cc1nccc(CNC(=O)C2(C#N)CCOCC2)n1. The summed E-state index contributed by atoms with van der Waals surface area (Å²) in [7, 11) is 0. The van der Waals surface area contributed by atoms with Crippen molar-refractivity contribution in [1.82, 2.24) is 15.3 Å². The lowest BCUT2D eigenvalue weighted by Gasteiger charge is -2.29. The van der Waals surface area contributed by atoms with Crippen molar-refractivity contribution in [3.63, 3.8) is 0 Å². The standard InChI is InChI=1S/C13H16N4O2/c1-10-15-5-2-11(17-10)8-16-12(18)13(9-14)3-6-19-7-4-13/h2,5H,3-4,6-8H2,1H3,(H,16,18). The summed E-state index contributed by atoms with van der Waals surface area (Å²) in [5, 5.41) is 12.0. The molecule has 1 amide bonds. The Morgan fingerprint density at radius 1 is 1.58 bits per heavy atom. The lowest BCUT2D eigenvalue weighted by Crippen LogP contribution is -2.43. The number of aryl methyl sites for hydroxylation is 1. The van der Waals surface area contributed by atoms with E-state index in [0.717, 1.165) is 5.69 Å². The van der Waals surface area contributed by atoms with Crippen LogP contribution in [0.3, 0.4) is 0 Å². The van der Waals surface area contributed by atoms with Crippen molar-refractivity contribution in [2.45, 2.75) is 26.3 Å². The average molecular weight is 260 g/mol. The molecule has 1 aliphatic rings. The zero-order valence-corrected chi connectivity index (χ0v) is 10.8. The fourth-order valence-corrected chi connectivity index (χ4v) is 2.05. The van der Waals surface area contributed by atoms with Crippen molar-refractivity contribution in [2.75, 3.05) is 13.2 Å². The number of amides is 1. The smallest absolute Gasteiger partial charge is 0.240 e. The highest BCUT2D eigenvalue weighted by Gasteiger charge is 2.40. The highest BCUT2D eigenvalue weighted by Crippen LogP contribution is 2.29. The van der Waals surface area contributed by atoms with Crippen LogP contribution >= 0.6 is 0 Å². The van der Waals surface area contributed by atoms with Crippen LogP contribution in [-0.2, 0) is 16.1 Å². The summed E-state index contributed by atoms with van der Waals surface area (Å²) in [6.45, 7) is 3.01. The van der Waals surface area contributed by atoms with Gasteiger partial charge in [0.1, 0.15) is 11.2 Å². The maximum Gasteiger partial charge on any atom is 0.240 e. The Labute approximate surface area is 111 Å². The lowest BCUT2D eigenvalue weighted by atomic mass is 9.81. The van der Waals surface area contributed by atoms with Gasteiger partial charge in [0.25, 0.3) is 0 Å². The number of rotatable bonds is 3. The molecule has 0 unspecified atom stereocenters. The molecule has 1 saturated heterocycles. The van der Waals surface area contributed by atoms with Crippen molar-refractivity contribution in [2.24, 2.45) is 5.41 Å². The van der Waals surface area contributed by atoms with Gasteiger partial charge in [-0.25, -0.2) is 9.97 Å². The Morgan fingerprint density at radius 3 is 2.95 bits per heavy atom. The Morgan fingerprint density at radius 2 is 2.32 bits per heavy atom. The van der Waals surface area contributed by atoms with Gasteiger partial charge in [0.15, 0.2) is 0 Å². The third-order valence-electron chi connectivity index (χ3n) is 3.26. The number of hydrogen-bond donors (Lipinski definition) is 1. The molecule has 0 bridgehead atoms. The number of carbonyl (C=O) groups excluding carboxylic acids is 1. The normalized spacial score (nSPS) is 17.5. The number of carbonyl (C=O) groups is 1. The fourth-order valence-electron chi connectivity index (χ4n) is 2.05. The molecule has 6 heteroatoms. The van der Waals surface area contributed by atoms with Crippen molar-refractivity contribution in [3.8, 4) is 6.07 Å². The topological polar surface area (TPSA) is 87.9 Å². The number of nitrogens with one attached hydrogen (secondary N) is 1. The zero-order valence-electron chi connectivity index (χ0n) is 10.8. The molecule has 0 aliphatic carbocycles. The molecule has 1 aromatic rings. The molecule has 0 spiro atoms. The van der Waals surface area contributed by atoms with Gasteiger partial charge in [-0.1, -0.05) is 0 Å². The van der Waals surface area contributed by atoms with E-state index >= 15 is 0 Å². The predicted molar refractivity (Wildman–Crippen MR) is 66.7 cm³/mol. The first-order chi connectivity index (χ1) is 9.16. The van der Waals surface area contributed by atoms with Gasteiger partial charge in [0, 0.05) is 19.4 Å². The second-order valence-corrected chi connectivity index (χ2v) is 4.58.